The number of aromatic nitrogens is 5. The van der Waals surface area contributed by atoms with E-state index in [-0.39, 0.29) is 5.91 Å². The van der Waals surface area contributed by atoms with Gasteiger partial charge in [0.25, 0.3) is 5.91 Å². The zero-order chi connectivity index (χ0) is 20.5. The van der Waals surface area contributed by atoms with Crippen molar-refractivity contribution in [1.29, 1.82) is 0 Å². The summed E-state index contributed by atoms with van der Waals surface area (Å²) in [6, 6.07) is 1.95. The first-order valence-electron chi connectivity index (χ1n) is 10.4. The summed E-state index contributed by atoms with van der Waals surface area (Å²) in [5.74, 6) is 0.328. The molecule has 0 bridgehead atoms. The average molecular weight is 415 g/mol. The lowest BCUT2D eigenvalue weighted by Crippen LogP contribution is -2.25. The molecule has 1 N–H and O–H groups in total. The molecular formula is C21H27ClN6O. The molecule has 1 aliphatic carbocycles. The molecule has 8 heteroatoms. The van der Waals surface area contributed by atoms with Crippen molar-refractivity contribution in [2.24, 2.45) is 0 Å². The molecule has 0 spiro atoms. The molecule has 1 fully saturated rings. The van der Waals surface area contributed by atoms with Crippen molar-refractivity contribution in [3.8, 4) is 0 Å². The number of pyridine rings is 1. The molecule has 1 saturated carbocycles. The molecule has 29 heavy (non-hydrogen) atoms. The second-order valence-corrected chi connectivity index (χ2v) is 8.07. The summed E-state index contributed by atoms with van der Waals surface area (Å²) in [6.45, 7) is 7.95. The van der Waals surface area contributed by atoms with E-state index >= 15 is 0 Å². The Balaban J connectivity index is 1.68. The first-order chi connectivity index (χ1) is 14.0. The van der Waals surface area contributed by atoms with Crippen LogP contribution in [0.5, 0.6) is 0 Å². The van der Waals surface area contributed by atoms with E-state index in [0.29, 0.717) is 29.6 Å². The lowest BCUT2D eigenvalue weighted by Gasteiger charge is -2.11. The number of hydrogen-bond acceptors (Lipinski definition) is 4. The third kappa shape index (κ3) is 3.88. The first-order valence-corrected chi connectivity index (χ1v) is 10.8. The maximum Gasteiger partial charge on any atom is 0.252 e. The molecule has 3 aromatic rings. The number of unbranched alkanes of at least 4 members (excludes halogenated alkanes) is 1. The predicted molar refractivity (Wildman–Crippen MR) is 113 cm³/mol. The zero-order valence-electron chi connectivity index (χ0n) is 17.2. The maximum atomic E-state index is 13.2. The summed E-state index contributed by atoms with van der Waals surface area (Å²) in [5.41, 5.74) is 4.12. The average Bonchev–Trinajstić information content (AvgIpc) is 3.44. The van der Waals surface area contributed by atoms with Crippen LogP contribution in [0.4, 0.5) is 0 Å². The second-order valence-electron chi connectivity index (χ2n) is 7.67. The normalized spacial score (nSPS) is 13.9. The Labute approximate surface area is 175 Å². The van der Waals surface area contributed by atoms with Crippen LogP contribution in [0.25, 0.3) is 11.0 Å². The van der Waals surface area contributed by atoms with Gasteiger partial charge in [0.1, 0.15) is 0 Å². The Kier molecular flexibility index (Phi) is 5.58. The minimum Gasteiger partial charge on any atom is -0.346 e. The van der Waals surface area contributed by atoms with Gasteiger partial charge in [0.2, 0.25) is 0 Å². The van der Waals surface area contributed by atoms with Gasteiger partial charge in [-0.15, -0.1) is 0 Å². The summed E-state index contributed by atoms with van der Waals surface area (Å²) in [6.07, 6.45) is 6.00. The molecule has 0 radical (unpaired) electrons. The molecule has 1 aliphatic rings. The lowest BCUT2D eigenvalue weighted by atomic mass is 10.1. The fourth-order valence-electron chi connectivity index (χ4n) is 3.70. The van der Waals surface area contributed by atoms with Crippen LogP contribution >= 0.6 is 11.6 Å². The number of fused-ring (bicyclic) bond motifs is 1. The predicted octanol–water partition coefficient (Wildman–Crippen LogP) is 4.22. The summed E-state index contributed by atoms with van der Waals surface area (Å²) < 4.78 is 3.76. The largest absolute Gasteiger partial charge is 0.346 e. The van der Waals surface area contributed by atoms with Crippen LogP contribution in [0.15, 0.2) is 12.3 Å². The van der Waals surface area contributed by atoms with E-state index in [1.807, 2.05) is 24.6 Å². The van der Waals surface area contributed by atoms with Crippen LogP contribution in [0.1, 0.15) is 72.9 Å². The van der Waals surface area contributed by atoms with Crippen LogP contribution in [0.3, 0.4) is 0 Å². The highest BCUT2D eigenvalue weighted by Gasteiger charge is 2.28. The van der Waals surface area contributed by atoms with Crippen molar-refractivity contribution < 1.29 is 4.79 Å². The molecule has 0 aliphatic heterocycles. The third-order valence-corrected chi connectivity index (χ3v) is 5.79. The number of nitrogens with one attached hydrogen (secondary N) is 1. The number of nitrogens with zero attached hydrogens (tertiary/aromatic N) is 5. The van der Waals surface area contributed by atoms with E-state index < -0.39 is 0 Å². The Hall–Kier alpha value is -2.41. The molecule has 0 atom stereocenters. The standard InChI is InChI=1S/C21H27ClN6O/c1-4-6-9-28-20-19(13(3)26-28)15(10-17(25-20)14-7-8-14)21(29)23-12-18-16(22)11-24-27(18)5-2/h10-11,14H,4-9,12H2,1-3H3,(H,23,29). The summed E-state index contributed by atoms with van der Waals surface area (Å²) in [4.78, 5) is 18.1. The summed E-state index contributed by atoms with van der Waals surface area (Å²) >= 11 is 6.24. The molecule has 0 unspecified atom stereocenters. The van der Waals surface area contributed by atoms with E-state index in [1.54, 1.807) is 10.9 Å². The molecule has 154 valence electrons. The van der Waals surface area contributed by atoms with E-state index in [9.17, 15) is 4.79 Å². The van der Waals surface area contributed by atoms with Gasteiger partial charge in [0.05, 0.1) is 40.1 Å². The second kappa shape index (κ2) is 8.14. The Morgan fingerprint density at radius 1 is 1.31 bits per heavy atom. The molecule has 3 heterocycles. The summed E-state index contributed by atoms with van der Waals surface area (Å²) in [7, 11) is 0. The van der Waals surface area contributed by atoms with Crippen LogP contribution in [0, 0.1) is 6.92 Å². The molecule has 7 nitrogen and oxygen atoms in total. The van der Waals surface area contributed by atoms with Crippen molar-refractivity contribution in [3.05, 3.63) is 39.9 Å². The van der Waals surface area contributed by atoms with Crippen molar-refractivity contribution in [2.45, 2.75) is 72.0 Å². The van der Waals surface area contributed by atoms with Gasteiger partial charge in [-0.2, -0.15) is 10.2 Å². The Morgan fingerprint density at radius 3 is 2.79 bits per heavy atom. The SMILES string of the molecule is CCCCn1nc(C)c2c(C(=O)NCc3c(Cl)cnn3CC)cc(C3CC3)nc21. The van der Waals surface area contributed by atoms with Crippen LogP contribution in [-0.2, 0) is 19.6 Å². The number of halogens is 1. The highest BCUT2D eigenvalue weighted by Crippen LogP contribution is 2.40. The van der Waals surface area contributed by atoms with Gasteiger partial charge in [-0.25, -0.2) is 9.67 Å². The number of hydrogen-bond donors (Lipinski definition) is 1. The number of carbonyl (C=O) groups is 1. The van der Waals surface area contributed by atoms with Crippen molar-refractivity contribution in [3.63, 3.8) is 0 Å². The van der Waals surface area contributed by atoms with E-state index in [0.717, 1.165) is 60.3 Å². The van der Waals surface area contributed by atoms with Crippen molar-refractivity contribution >= 4 is 28.5 Å². The van der Waals surface area contributed by atoms with Crippen LogP contribution < -0.4 is 5.32 Å². The fourth-order valence-corrected chi connectivity index (χ4v) is 3.91. The lowest BCUT2D eigenvalue weighted by molar-refractivity contribution is 0.0951. The third-order valence-electron chi connectivity index (χ3n) is 5.47. The molecular weight excluding hydrogens is 388 g/mol. The van der Waals surface area contributed by atoms with Crippen LogP contribution in [0.2, 0.25) is 5.02 Å². The van der Waals surface area contributed by atoms with E-state index in [2.05, 4.69) is 22.4 Å². The molecule has 3 aromatic heterocycles. The van der Waals surface area contributed by atoms with E-state index in [1.165, 1.54) is 0 Å². The number of carbonyl (C=O) groups excluding carboxylic acids is 1. The Bertz CT molecular complexity index is 1050. The first kappa shape index (κ1) is 19.9. The summed E-state index contributed by atoms with van der Waals surface area (Å²) in [5, 5.41) is 13.4. The molecule has 4 rings (SSSR count). The van der Waals surface area contributed by atoms with Crippen molar-refractivity contribution in [2.75, 3.05) is 0 Å². The number of rotatable bonds is 8. The van der Waals surface area contributed by atoms with Crippen molar-refractivity contribution in [1.82, 2.24) is 29.9 Å². The van der Waals surface area contributed by atoms with Gasteiger partial charge in [-0.05, 0) is 39.2 Å². The number of amides is 1. The van der Waals surface area contributed by atoms with E-state index in [4.69, 9.17) is 16.6 Å². The van der Waals surface area contributed by atoms with Gasteiger partial charge in [0, 0.05) is 24.7 Å². The zero-order valence-corrected chi connectivity index (χ0v) is 18.0. The number of aryl methyl sites for hydroxylation is 3. The quantitative estimate of drug-likeness (QED) is 0.598. The monoisotopic (exact) mass is 414 g/mol. The Morgan fingerprint density at radius 2 is 2.10 bits per heavy atom. The van der Waals surface area contributed by atoms with Gasteiger partial charge in [0.15, 0.2) is 5.65 Å². The van der Waals surface area contributed by atoms with Crippen LogP contribution in [-0.4, -0.2) is 30.5 Å². The highest BCUT2D eigenvalue weighted by atomic mass is 35.5. The maximum absolute atomic E-state index is 13.2. The van der Waals surface area contributed by atoms with Gasteiger partial charge in [-0.3, -0.25) is 9.48 Å². The van der Waals surface area contributed by atoms with Gasteiger partial charge >= 0.3 is 0 Å². The molecule has 1 amide bonds. The molecule has 0 saturated heterocycles. The minimum atomic E-state index is -0.127. The van der Waals surface area contributed by atoms with Gasteiger partial charge in [-0.1, -0.05) is 24.9 Å². The molecule has 0 aromatic carbocycles. The topological polar surface area (TPSA) is 77.6 Å². The minimum absolute atomic E-state index is 0.127. The van der Waals surface area contributed by atoms with Gasteiger partial charge < -0.3 is 5.32 Å². The smallest absolute Gasteiger partial charge is 0.252 e. The fraction of sp³-hybridized carbons (Fsp3) is 0.524. The highest BCUT2D eigenvalue weighted by molar-refractivity contribution is 6.31.